The predicted octanol–water partition coefficient (Wildman–Crippen LogP) is 4.68. The first-order chi connectivity index (χ1) is 12.5. The predicted molar refractivity (Wildman–Crippen MR) is 114 cm³/mol. The summed E-state index contributed by atoms with van der Waals surface area (Å²) in [7, 11) is 0. The van der Waals surface area contributed by atoms with Crippen LogP contribution in [0, 0.1) is 10.5 Å². The number of aromatic nitrogens is 3. The monoisotopic (exact) mass is 478 g/mol. The normalized spacial score (nSPS) is 10.7. The van der Waals surface area contributed by atoms with Crippen LogP contribution in [0.2, 0.25) is 0 Å². The van der Waals surface area contributed by atoms with Gasteiger partial charge < -0.3 is 5.32 Å². The van der Waals surface area contributed by atoms with E-state index >= 15 is 0 Å². The first kappa shape index (κ1) is 18.9. The lowest BCUT2D eigenvalue weighted by atomic mass is 10.1. The number of aromatic amines is 1. The summed E-state index contributed by atoms with van der Waals surface area (Å²) in [6.45, 7) is 4.11. The second-order valence-electron chi connectivity index (χ2n) is 5.81. The maximum Gasteiger partial charge on any atom is 0.234 e. The van der Waals surface area contributed by atoms with Crippen LogP contribution in [0.5, 0.6) is 0 Å². The van der Waals surface area contributed by atoms with Crippen LogP contribution in [0.1, 0.15) is 18.1 Å². The van der Waals surface area contributed by atoms with Gasteiger partial charge >= 0.3 is 0 Å². The molecule has 134 valence electrons. The number of carbonyl (C=O) groups is 1. The molecule has 5 nitrogen and oxygen atoms in total. The molecule has 0 radical (unpaired) electrons. The number of amides is 1. The van der Waals surface area contributed by atoms with E-state index in [0.717, 1.165) is 26.8 Å². The van der Waals surface area contributed by atoms with E-state index in [0.29, 0.717) is 11.0 Å². The molecule has 0 atom stereocenters. The van der Waals surface area contributed by atoms with E-state index in [2.05, 4.69) is 62.1 Å². The highest BCUT2D eigenvalue weighted by Crippen LogP contribution is 2.21. The summed E-state index contributed by atoms with van der Waals surface area (Å²) >= 11 is 3.57. The van der Waals surface area contributed by atoms with Gasteiger partial charge in [-0.25, -0.2) is 4.98 Å². The van der Waals surface area contributed by atoms with E-state index in [-0.39, 0.29) is 11.7 Å². The summed E-state index contributed by atoms with van der Waals surface area (Å²) in [6, 6.07) is 14.2. The lowest BCUT2D eigenvalue weighted by Crippen LogP contribution is -2.15. The fraction of sp³-hybridized carbons (Fsp3) is 0.211. The standard InChI is InChI=1S/C19H19IN4OS/c1-3-13-4-6-14(7-5-13)18-22-19(24-23-18)26-11-17(25)21-16-9-8-15(20)10-12(16)2/h4-10H,3,11H2,1-2H3,(H,21,25)(H,22,23,24). The highest BCUT2D eigenvalue weighted by molar-refractivity contribution is 14.1. The zero-order valence-corrected chi connectivity index (χ0v) is 17.5. The number of nitrogens with one attached hydrogen (secondary N) is 2. The maximum absolute atomic E-state index is 12.2. The molecule has 0 bridgehead atoms. The van der Waals surface area contributed by atoms with E-state index in [9.17, 15) is 4.79 Å². The van der Waals surface area contributed by atoms with Crippen LogP contribution in [0.15, 0.2) is 47.6 Å². The fourth-order valence-electron chi connectivity index (χ4n) is 2.42. The van der Waals surface area contributed by atoms with Gasteiger partial charge in [-0.05, 0) is 65.3 Å². The summed E-state index contributed by atoms with van der Waals surface area (Å²) in [5.74, 6) is 0.902. The Balaban J connectivity index is 1.58. The SMILES string of the molecule is CCc1ccc(-c2nc(SCC(=O)Nc3ccc(I)cc3C)n[nH]2)cc1. The summed E-state index contributed by atoms with van der Waals surface area (Å²) in [4.78, 5) is 16.6. The van der Waals surface area contributed by atoms with Crippen LogP contribution >= 0.6 is 34.4 Å². The van der Waals surface area contributed by atoms with Crippen molar-refractivity contribution in [3.8, 4) is 11.4 Å². The molecule has 0 aliphatic carbocycles. The van der Waals surface area contributed by atoms with Crippen molar-refractivity contribution in [1.29, 1.82) is 0 Å². The first-order valence-electron chi connectivity index (χ1n) is 8.25. The van der Waals surface area contributed by atoms with Crippen molar-refractivity contribution in [3.63, 3.8) is 0 Å². The Morgan fingerprint density at radius 1 is 1.23 bits per heavy atom. The van der Waals surface area contributed by atoms with E-state index in [1.165, 1.54) is 17.3 Å². The highest BCUT2D eigenvalue weighted by atomic mass is 127. The maximum atomic E-state index is 12.2. The molecule has 3 rings (SSSR count). The van der Waals surface area contributed by atoms with Gasteiger partial charge in [-0.3, -0.25) is 9.89 Å². The van der Waals surface area contributed by atoms with Crippen molar-refractivity contribution >= 4 is 45.9 Å². The van der Waals surface area contributed by atoms with Gasteiger partial charge in [-0.2, -0.15) is 0 Å². The molecular formula is C19H19IN4OS. The van der Waals surface area contributed by atoms with Crippen molar-refractivity contribution in [2.24, 2.45) is 0 Å². The second-order valence-corrected chi connectivity index (χ2v) is 8.00. The number of nitrogens with zero attached hydrogens (tertiary/aromatic N) is 2. The number of hydrogen-bond acceptors (Lipinski definition) is 4. The summed E-state index contributed by atoms with van der Waals surface area (Å²) in [5.41, 5.74) is 4.15. The molecule has 1 amide bonds. The van der Waals surface area contributed by atoms with Crippen molar-refractivity contribution in [2.45, 2.75) is 25.4 Å². The molecule has 1 aromatic heterocycles. The summed E-state index contributed by atoms with van der Waals surface area (Å²) in [6.07, 6.45) is 1.01. The number of benzene rings is 2. The van der Waals surface area contributed by atoms with Gasteiger partial charge in [0.05, 0.1) is 5.75 Å². The molecule has 0 saturated heterocycles. The minimum absolute atomic E-state index is 0.0713. The number of aryl methyl sites for hydroxylation is 2. The number of halogens is 1. The Kier molecular flexibility index (Phi) is 6.31. The summed E-state index contributed by atoms with van der Waals surface area (Å²) in [5, 5.41) is 10.6. The van der Waals surface area contributed by atoms with Crippen LogP contribution in [0.25, 0.3) is 11.4 Å². The molecule has 7 heteroatoms. The van der Waals surface area contributed by atoms with Crippen molar-refractivity contribution < 1.29 is 4.79 Å². The molecule has 0 unspecified atom stereocenters. The molecule has 0 spiro atoms. The third-order valence-corrected chi connectivity index (χ3v) is 5.41. The Hall–Kier alpha value is -1.87. The van der Waals surface area contributed by atoms with Gasteiger partial charge in [-0.15, -0.1) is 5.10 Å². The number of carbonyl (C=O) groups excluding carboxylic acids is 1. The number of thioether (sulfide) groups is 1. The minimum atomic E-state index is -0.0713. The van der Waals surface area contributed by atoms with Gasteiger partial charge in [0, 0.05) is 14.8 Å². The van der Waals surface area contributed by atoms with Gasteiger partial charge in [0.2, 0.25) is 11.1 Å². The molecular weight excluding hydrogens is 459 g/mol. The molecule has 1 heterocycles. The molecule has 0 aliphatic rings. The van der Waals surface area contributed by atoms with Crippen LogP contribution in [0.3, 0.4) is 0 Å². The van der Waals surface area contributed by atoms with E-state index < -0.39 is 0 Å². The average molecular weight is 478 g/mol. The third kappa shape index (κ3) is 4.85. The molecule has 0 aliphatic heterocycles. The molecule has 0 fully saturated rings. The van der Waals surface area contributed by atoms with E-state index in [4.69, 9.17) is 0 Å². The highest BCUT2D eigenvalue weighted by Gasteiger charge is 2.10. The Morgan fingerprint density at radius 3 is 2.69 bits per heavy atom. The van der Waals surface area contributed by atoms with Crippen molar-refractivity contribution in [3.05, 3.63) is 57.2 Å². The second kappa shape index (κ2) is 8.68. The van der Waals surface area contributed by atoms with Gasteiger partial charge in [-0.1, -0.05) is 43.0 Å². The average Bonchev–Trinajstić information content (AvgIpc) is 3.11. The van der Waals surface area contributed by atoms with Gasteiger partial charge in [0.25, 0.3) is 0 Å². The lowest BCUT2D eigenvalue weighted by Gasteiger charge is -2.07. The van der Waals surface area contributed by atoms with E-state index in [1.54, 1.807) is 0 Å². The molecule has 3 aromatic rings. The largest absolute Gasteiger partial charge is 0.325 e. The molecule has 26 heavy (non-hydrogen) atoms. The van der Waals surface area contributed by atoms with Crippen molar-refractivity contribution in [2.75, 3.05) is 11.1 Å². The fourth-order valence-corrected chi connectivity index (χ4v) is 3.67. The molecule has 0 saturated carbocycles. The third-order valence-electron chi connectivity index (χ3n) is 3.90. The van der Waals surface area contributed by atoms with Crippen molar-refractivity contribution in [1.82, 2.24) is 15.2 Å². The van der Waals surface area contributed by atoms with Gasteiger partial charge in [0.15, 0.2) is 5.82 Å². The molecule has 2 N–H and O–H groups in total. The van der Waals surface area contributed by atoms with Gasteiger partial charge in [0.1, 0.15) is 0 Å². The van der Waals surface area contributed by atoms with E-state index in [1.807, 2.05) is 37.3 Å². The Bertz CT molecular complexity index is 908. The molecule has 2 aromatic carbocycles. The zero-order chi connectivity index (χ0) is 18.5. The van der Waals surface area contributed by atoms with Crippen LogP contribution in [-0.4, -0.2) is 26.8 Å². The first-order valence-corrected chi connectivity index (χ1v) is 10.3. The Labute approximate surface area is 170 Å². The van der Waals surface area contributed by atoms with Crippen LogP contribution in [-0.2, 0) is 11.2 Å². The smallest absolute Gasteiger partial charge is 0.234 e. The lowest BCUT2D eigenvalue weighted by molar-refractivity contribution is -0.113. The number of anilines is 1. The number of hydrogen-bond donors (Lipinski definition) is 2. The topological polar surface area (TPSA) is 70.7 Å². The number of rotatable bonds is 6. The quantitative estimate of drug-likeness (QED) is 0.399. The zero-order valence-electron chi connectivity index (χ0n) is 14.5. The summed E-state index contributed by atoms with van der Waals surface area (Å²) < 4.78 is 1.15. The Morgan fingerprint density at radius 2 is 2.00 bits per heavy atom. The number of H-pyrrole nitrogens is 1. The van der Waals surface area contributed by atoms with Crippen LogP contribution in [0.4, 0.5) is 5.69 Å². The van der Waals surface area contributed by atoms with Crippen LogP contribution < -0.4 is 5.32 Å². The minimum Gasteiger partial charge on any atom is -0.325 e.